The lowest BCUT2D eigenvalue weighted by Gasteiger charge is -2.34. The number of hydrogen-bond acceptors (Lipinski definition) is 4. The smallest absolute Gasteiger partial charge is 0.264 e. The largest absolute Gasteiger partial charge is 0.352 e. The first-order chi connectivity index (χ1) is 20.5. The van der Waals surface area contributed by atoms with Crippen molar-refractivity contribution in [2.75, 3.05) is 10.8 Å². The molecule has 3 aromatic rings. The van der Waals surface area contributed by atoms with Crippen LogP contribution in [0.4, 0.5) is 5.69 Å². The number of aryl methyl sites for hydroxylation is 2. The highest BCUT2D eigenvalue weighted by molar-refractivity contribution is 7.92. The van der Waals surface area contributed by atoms with Crippen molar-refractivity contribution in [3.05, 3.63) is 95.1 Å². The molecule has 0 spiro atoms. The Hall–Kier alpha value is -3.65. The third-order valence-corrected chi connectivity index (χ3v) is 10.2. The van der Waals surface area contributed by atoms with Crippen LogP contribution < -0.4 is 9.62 Å². The molecular weight excluding hydrogens is 558 g/mol. The number of sulfonamides is 1. The summed E-state index contributed by atoms with van der Waals surface area (Å²) in [5.74, 6) is -0.350. The number of anilines is 1. The van der Waals surface area contributed by atoms with Gasteiger partial charge in [-0.05, 0) is 80.0 Å². The second kappa shape index (κ2) is 14.2. The van der Waals surface area contributed by atoms with E-state index in [2.05, 4.69) is 19.2 Å². The Kier molecular flexibility index (Phi) is 10.7. The first-order valence-electron chi connectivity index (χ1n) is 15.3. The molecule has 7 nitrogen and oxygen atoms in total. The van der Waals surface area contributed by atoms with E-state index < -0.39 is 28.5 Å². The normalized spacial score (nSPS) is 14.5. The molecule has 230 valence electrons. The van der Waals surface area contributed by atoms with Gasteiger partial charge in [-0.25, -0.2) is 8.42 Å². The van der Waals surface area contributed by atoms with Crippen LogP contribution in [-0.2, 0) is 26.2 Å². The highest BCUT2D eigenvalue weighted by Gasteiger charge is 2.34. The lowest BCUT2D eigenvalue weighted by Crippen LogP contribution is -2.53. The van der Waals surface area contributed by atoms with Gasteiger partial charge in [0.2, 0.25) is 11.8 Å². The maximum absolute atomic E-state index is 14.3. The van der Waals surface area contributed by atoms with E-state index in [0.29, 0.717) is 12.1 Å². The molecule has 3 aromatic carbocycles. The molecule has 0 aliphatic heterocycles. The topological polar surface area (TPSA) is 86.8 Å². The van der Waals surface area contributed by atoms with Crippen LogP contribution in [0.25, 0.3) is 0 Å². The van der Waals surface area contributed by atoms with Gasteiger partial charge >= 0.3 is 0 Å². The van der Waals surface area contributed by atoms with E-state index in [1.165, 1.54) is 4.31 Å². The fraction of sp³-hybridized carbons (Fsp3) is 0.429. The molecule has 0 bridgehead atoms. The van der Waals surface area contributed by atoms with Gasteiger partial charge in [-0.15, -0.1) is 0 Å². The Morgan fingerprint density at radius 3 is 2.12 bits per heavy atom. The second-order valence-electron chi connectivity index (χ2n) is 11.9. The minimum atomic E-state index is -4.10. The van der Waals surface area contributed by atoms with Crippen molar-refractivity contribution in [2.45, 2.75) is 96.2 Å². The molecule has 0 heterocycles. The first kappa shape index (κ1) is 32.3. The zero-order chi connectivity index (χ0) is 31.1. The van der Waals surface area contributed by atoms with Crippen molar-refractivity contribution >= 4 is 27.5 Å². The predicted molar refractivity (Wildman–Crippen MR) is 172 cm³/mol. The summed E-state index contributed by atoms with van der Waals surface area (Å²) < 4.78 is 29.4. The van der Waals surface area contributed by atoms with Gasteiger partial charge < -0.3 is 10.2 Å². The Morgan fingerprint density at radius 2 is 1.53 bits per heavy atom. The summed E-state index contributed by atoms with van der Waals surface area (Å²) in [7, 11) is -4.10. The second-order valence-corrected chi connectivity index (χ2v) is 13.8. The third kappa shape index (κ3) is 7.85. The zero-order valence-electron chi connectivity index (χ0n) is 26.0. The Balaban J connectivity index is 1.73. The monoisotopic (exact) mass is 603 g/mol. The first-order valence-corrected chi connectivity index (χ1v) is 16.8. The number of carbonyl (C=O) groups excluding carboxylic acids is 2. The number of hydrogen-bond donors (Lipinski definition) is 1. The molecule has 1 fully saturated rings. The molecule has 0 aromatic heterocycles. The fourth-order valence-corrected chi connectivity index (χ4v) is 7.06. The van der Waals surface area contributed by atoms with Crippen molar-refractivity contribution in [2.24, 2.45) is 0 Å². The van der Waals surface area contributed by atoms with Gasteiger partial charge in [0.1, 0.15) is 12.6 Å². The number of rotatable bonds is 12. The molecule has 43 heavy (non-hydrogen) atoms. The SMILES string of the molecule is CCC(C(=O)NC1CCCC1)N(Cc1ccccc1C)C(=O)CN(c1ccc(C(C)C)cc1)S(=O)(=O)c1ccc(C)cc1. The summed E-state index contributed by atoms with van der Waals surface area (Å²) in [5, 5.41) is 3.16. The summed E-state index contributed by atoms with van der Waals surface area (Å²) in [5.41, 5.74) is 4.32. The minimum Gasteiger partial charge on any atom is -0.352 e. The van der Waals surface area contributed by atoms with Gasteiger partial charge in [-0.1, -0.05) is 87.7 Å². The van der Waals surface area contributed by atoms with Crippen LogP contribution in [0.3, 0.4) is 0 Å². The lowest BCUT2D eigenvalue weighted by atomic mass is 10.0. The van der Waals surface area contributed by atoms with E-state index in [9.17, 15) is 18.0 Å². The van der Waals surface area contributed by atoms with E-state index in [4.69, 9.17) is 0 Å². The average Bonchev–Trinajstić information content (AvgIpc) is 3.50. The van der Waals surface area contributed by atoms with Gasteiger partial charge in [0, 0.05) is 12.6 Å². The van der Waals surface area contributed by atoms with Gasteiger partial charge in [-0.3, -0.25) is 13.9 Å². The van der Waals surface area contributed by atoms with E-state index in [-0.39, 0.29) is 29.3 Å². The van der Waals surface area contributed by atoms with E-state index in [0.717, 1.165) is 47.9 Å². The Morgan fingerprint density at radius 1 is 0.907 bits per heavy atom. The highest BCUT2D eigenvalue weighted by Crippen LogP contribution is 2.27. The fourth-order valence-electron chi connectivity index (χ4n) is 5.65. The van der Waals surface area contributed by atoms with Crippen LogP contribution in [0, 0.1) is 13.8 Å². The summed E-state index contributed by atoms with van der Waals surface area (Å²) in [6.07, 6.45) is 4.43. The Bertz CT molecular complexity index is 1490. The molecule has 1 aliphatic rings. The molecule has 4 rings (SSSR count). The number of amides is 2. The standard InChI is InChI=1S/C35H45N3O4S/c1-6-33(35(40)36-30-13-9-10-14-30)37(23-29-12-8-7-11-27(29)5)34(39)24-38(31-19-17-28(18-20-31)25(2)3)43(41,42)32-21-15-26(4)16-22-32/h7-8,11-12,15-22,25,30,33H,6,9-10,13-14,23-24H2,1-5H3,(H,36,40). The van der Waals surface area contributed by atoms with E-state index >= 15 is 0 Å². The van der Waals surface area contributed by atoms with E-state index in [1.807, 2.05) is 57.2 Å². The molecule has 1 aliphatic carbocycles. The van der Waals surface area contributed by atoms with Gasteiger partial charge in [0.05, 0.1) is 10.6 Å². The Labute approximate surface area is 257 Å². The van der Waals surface area contributed by atoms with Crippen molar-refractivity contribution in [3.8, 4) is 0 Å². The van der Waals surface area contributed by atoms with Crippen LogP contribution in [0.15, 0.2) is 77.7 Å². The van der Waals surface area contributed by atoms with Crippen molar-refractivity contribution in [1.82, 2.24) is 10.2 Å². The van der Waals surface area contributed by atoms with Crippen LogP contribution in [0.2, 0.25) is 0 Å². The summed E-state index contributed by atoms with van der Waals surface area (Å²) >= 11 is 0. The number of nitrogens with zero attached hydrogens (tertiary/aromatic N) is 2. The van der Waals surface area contributed by atoms with Gasteiger partial charge in [0.25, 0.3) is 10.0 Å². The third-order valence-electron chi connectivity index (χ3n) is 8.43. The number of carbonyl (C=O) groups is 2. The van der Waals surface area contributed by atoms with Crippen LogP contribution in [-0.4, -0.2) is 43.8 Å². The van der Waals surface area contributed by atoms with Gasteiger partial charge in [0.15, 0.2) is 0 Å². The molecule has 0 saturated heterocycles. The van der Waals surface area contributed by atoms with Crippen molar-refractivity contribution in [3.63, 3.8) is 0 Å². The molecular formula is C35H45N3O4S. The maximum atomic E-state index is 14.3. The molecule has 1 saturated carbocycles. The molecule has 1 unspecified atom stereocenters. The maximum Gasteiger partial charge on any atom is 0.264 e. The zero-order valence-corrected chi connectivity index (χ0v) is 26.9. The average molecular weight is 604 g/mol. The molecule has 8 heteroatoms. The van der Waals surface area contributed by atoms with Crippen LogP contribution in [0.1, 0.15) is 81.0 Å². The lowest BCUT2D eigenvalue weighted by molar-refractivity contribution is -0.140. The van der Waals surface area contributed by atoms with Crippen molar-refractivity contribution < 1.29 is 18.0 Å². The molecule has 2 amide bonds. The predicted octanol–water partition coefficient (Wildman–Crippen LogP) is 6.49. The molecule has 0 radical (unpaired) electrons. The highest BCUT2D eigenvalue weighted by atomic mass is 32.2. The van der Waals surface area contributed by atoms with Crippen LogP contribution >= 0.6 is 0 Å². The van der Waals surface area contributed by atoms with Crippen molar-refractivity contribution in [1.29, 1.82) is 0 Å². The summed E-state index contributed by atoms with van der Waals surface area (Å²) in [6, 6.07) is 21.1. The minimum absolute atomic E-state index is 0.106. The van der Waals surface area contributed by atoms with Gasteiger partial charge in [-0.2, -0.15) is 0 Å². The number of benzene rings is 3. The number of nitrogens with one attached hydrogen (secondary N) is 1. The summed E-state index contributed by atoms with van der Waals surface area (Å²) in [4.78, 5) is 29.6. The molecule has 1 N–H and O–H groups in total. The molecule has 1 atom stereocenters. The van der Waals surface area contributed by atoms with Crippen LogP contribution in [0.5, 0.6) is 0 Å². The van der Waals surface area contributed by atoms with E-state index in [1.54, 1.807) is 41.3 Å². The quantitative estimate of drug-likeness (QED) is 0.257. The summed E-state index contributed by atoms with van der Waals surface area (Å²) in [6.45, 7) is 9.68.